The van der Waals surface area contributed by atoms with Crippen molar-refractivity contribution in [3.05, 3.63) is 35.2 Å². The summed E-state index contributed by atoms with van der Waals surface area (Å²) in [5, 5.41) is 16.8. The highest BCUT2D eigenvalue weighted by Gasteiger charge is 2.22. The zero-order valence-corrected chi connectivity index (χ0v) is 13.9. The van der Waals surface area contributed by atoms with E-state index in [1.165, 1.54) is 0 Å². The predicted molar refractivity (Wildman–Crippen MR) is 87.3 cm³/mol. The molecule has 0 unspecified atom stereocenters. The lowest BCUT2D eigenvalue weighted by Crippen LogP contribution is -2.42. The monoisotopic (exact) mass is 337 g/mol. The Kier molecular flexibility index (Phi) is 6.12. The first-order chi connectivity index (χ1) is 11.0. The van der Waals surface area contributed by atoms with Crippen molar-refractivity contribution in [3.63, 3.8) is 0 Å². The third-order valence-corrected chi connectivity index (χ3v) is 3.97. The summed E-state index contributed by atoms with van der Waals surface area (Å²) >= 11 is 5.94. The van der Waals surface area contributed by atoms with E-state index in [9.17, 15) is 9.90 Å². The van der Waals surface area contributed by atoms with Crippen molar-refractivity contribution in [2.45, 2.75) is 32.7 Å². The Hall–Kier alpha value is -1.92. The molecule has 0 radical (unpaired) electrons. The summed E-state index contributed by atoms with van der Waals surface area (Å²) in [6.45, 7) is 4.34. The van der Waals surface area contributed by atoms with Crippen LogP contribution in [0.4, 0.5) is 0 Å². The molecule has 6 nitrogen and oxygen atoms in total. The van der Waals surface area contributed by atoms with Gasteiger partial charge in [-0.2, -0.15) is 4.98 Å². The molecule has 1 aromatic heterocycles. The molecule has 0 aliphatic heterocycles. The predicted octanol–water partition coefficient (Wildman–Crippen LogP) is 3.02. The van der Waals surface area contributed by atoms with E-state index in [0.29, 0.717) is 29.7 Å². The van der Waals surface area contributed by atoms with Crippen molar-refractivity contribution in [1.82, 2.24) is 15.5 Å². The fourth-order valence-electron chi connectivity index (χ4n) is 2.20. The molecule has 1 heterocycles. The third-order valence-electron chi connectivity index (χ3n) is 3.73. The first kappa shape index (κ1) is 17.4. The van der Waals surface area contributed by atoms with Crippen LogP contribution >= 0.6 is 11.6 Å². The SMILES string of the molecule is CC[C@H](C)[C@H](NCCc1nc(-c2cccc(Cl)c2)no1)C(=O)O. The molecule has 124 valence electrons. The maximum Gasteiger partial charge on any atom is 0.320 e. The van der Waals surface area contributed by atoms with Gasteiger partial charge in [0.25, 0.3) is 0 Å². The molecule has 2 rings (SSSR count). The van der Waals surface area contributed by atoms with Crippen LogP contribution in [0, 0.1) is 5.92 Å². The van der Waals surface area contributed by atoms with E-state index < -0.39 is 12.0 Å². The minimum Gasteiger partial charge on any atom is -0.480 e. The topological polar surface area (TPSA) is 88.3 Å². The molecule has 0 bridgehead atoms. The minimum absolute atomic E-state index is 0.0530. The van der Waals surface area contributed by atoms with Crippen LogP contribution in [0.5, 0.6) is 0 Å². The van der Waals surface area contributed by atoms with Crippen LogP contribution in [-0.4, -0.2) is 33.8 Å². The van der Waals surface area contributed by atoms with Crippen molar-refractivity contribution in [3.8, 4) is 11.4 Å². The van der Waals surface area contributed by atoms with Crippen molar-refractivity contribution < 1.29 is 14.4 Å². The van der Waals surface area contributed by atoms with Crippen LogP contribution in [0.2, 0.25) is 5.02 Å². The molecule has 0 spiro atoms. The highest BCUT2D eigenvalue weighted by Crippen LogP contribution is 2.20. The number of hydrogen-bond acceptors (Lipinski definition) is 5. The van der Waals surface area contributed by atoms with Crippen LogP contribution in [0.15, 0.2) is 28.8 Å². The number of aromatic nitrogens is 2. The van der Waals surface area contributed by atoms with E-state index in [-0.39, 0.29) is 5.92 Å². The summed E-state index contributed by atoms with van der Waals surface area (Å²) in [5.41, 5.74) is 0.781. The van der Waals surface area contributed by atoms with Gasteiger partial charge in [-0.15, -0.1) is 0 Å². The fourth-order valence-corrected chi connectivity index (χ4v) is 2.39. The molecule has 0 aliphatic carbocycles. The van der Waals surface area contributed by atoms with Crippen LogP contribution in [-0.2, 0) is 11.2 Å². The lowest BCUT2D eigenvalue weighted by molar-refractivity contribution is -0.140. The molecule has 7 heteroatoms. The molecule has 23 heavy (non-hydrogen) atoms. The Morgan fingerprint density at radius 1 is 1.48 bits per heavy atom. The fraction of sp³-hybridized carbons (Fsp3) is 0.438. The number of aliphatic carboxylic acids is 1. The van der Waals surface area contributed by atoms with Crippen molar-refractivity contribution in [2.75, 3.05) is 6.54 Å². The molecule has 0 saturated carbocycles. The first-order valence-corrected chi connectivity index (χ1v) is 7.93. The first-order valence-electron chi connectivity index (χ1n) is 7.56. The van der Waals surface area contributed by atoms with Gasteiger partial charge in [0.15, 0.2) is 0 Å². The van der Waals surface area contributed by atoms with Crippen LogP contribution < -0.4 is 5.32 Å². The highest BCUT2D eigenvalue weighted by molar-refractivity contribution is 6.30. The lowest BCUT2D eigenvalue weighted by Gasteiger charge is -2.19. The Morgan fingerprint density at radius 2 is 2.26 bits per heavy atom. The number of nitrogens with zero attached hydrogens (tertiary/aromatic N) is 2. The molecule has 0 aliphatic rings. The van der Waals surface area contributed by atoms with Crippen molar-refractivity contribution >= 4 is 17.6 Å². The van der Waals surface area contributed by atoms with E-state index in [1.807, 2.05) is 26.0 Å². The zero-order chi connectivity index (χ0) is 16.8. The number of nitrogens with one attached hydrogen (secondary N) is 1. The summed E-state index contributed by atoms with van der Waals surface area (Å²) in [5.74, 6) is 0.140. The van der Waals surface area contributed by atoms with Crippen molar-refractivity contribution in [2.24, 2.45) is 5.92 Å². The molecule has 2 N–H and O–H groups in total. The Labute approximate surface area is 139 Å². The smallest absolute Gasteiger partial charge is 0.320 e. The van der Waals surface area contributed by atoms with Gasteiger partial charge < -0.3 is 14.9 Å². The summed E-state index contributed by atoms with van der Waals surface area (Å²) < 4.78 is 5.20. The van der Waals surface area contributed by atoms with Crippen molar-refractivity contribution in [1.29, 1.82) is 0 Å². The number of benzene rings is 1. The number of rotatable bonds is 8. The number of hydrogen-bond donors (Lipinski definition) is 2. The standard InChI is InChI=1S/C16H20ClN3O3/c1-3-10(2)14(16(21)22)18-8-7-13-19-15(20-23-13)11-5-4-6-12(17)9-11/h4-6,9-10,14,18H,3,7-8H2,1-2H3,(H,21,22)/t10-,14-/m0/s1. The Balaban J connectivity index is 1.93. The van der Waals surface area contributed by atoms with Gasteiger partial charge in [0.2, 0.25) is 11.7 Å². The Morgan fingerprint density at radius 3 is 2.91 bits per heavy atom. The lowest BCUT2D eigenvalue weighted by atomic mass is 9.99. The van der Waals surface area contributed by atoms with E-state index >= 15 is 0 Å². The molecule has 1 aromatic carbocycles. The maximum atomic E-state index is 11.2. The van der Waals surface area contributed by atoms with Gasteiger partial charge in [0.05, 0.1) is 0 Å². The van der Waals surface area contributed by atoms with Gasteiger partial charge in [-0.05, 0) is 18.1 Å². The molecule has 0 amide bonds. The maximum absolute atomic E-state index is 11.2. The largest absolute Gasteiger partial charge is 0.480 e. The number of carboxylic acids is 1. The van der Waals surface area contributed by atoms with Gasteiger partial charge in [0.1, 0.15) is 6.04 Å². The van der Waals surface area contributed by atoms with E-state index in [4.69, 9.17) is 16.1 Å². The quantitative estimate of drug-likeness (QED) is 0.769. The normalized spacial score (nSPS) is 13.7. The average molecular weight is 338 g/mol. The van der Waals surface area contributed by atoms with E-state index in [2.05, 4.69) is 15.5 Å². The van der Waals surface area contributed by atoms with Gasteiger partial charge in [-0.25, -0.2) is 0 Å². The van der Waals surface area contributed by atoms with Crippen LogP contribution in [0.1, 0.15) is 26.2 Å². The van der Waals surface area contributed by atoms with E-state index in [1.54, 1.807) is 12.1 Å². The minimum atomic E-state index is -0.843. The summed E-state index contributed by atoms with van der Waals surface area (Å²) in [4.78, 5) is 15.5. The van der Waals surface area contributed by atoms with E-state index in [0.717, 1.165) is 12.0 Å². The summed E-state index contributed by atoms with van der Waals surface area (Å²) in [6, 6.07) is 6.63. The molecular weight excluding hydrogens is 318 g/mol. The van der Waals surface area contributed by atoms with Gasteiger partial charge in [0, 0.05) is 23.6 Å². The summed E-state index contributed by atoms with van der Waals surface area (Å²) in [7, 11) is 0. The molecular formula is C16H20ClN3O3. The highest BCUT2D eigenvalue weighted by atomic mass is 35.5. The summed E-state index contributed by atoms with van der Waals surface area (Å²) in [6.07, 6.45) is 1.26. The number of halogens is 1. The second kappa shape index (κ2) is 8.08. The molecule has 0 fully saturated rings. The molecule has 0 saturated heterocycles. The second-order valence-corrected chi connectivity index (χ2v) is 5.86. The molecule has 2 atom stereocenters. The third kappa shape index (κ3) is 4.77. The van der Waals surface area contributed by atoms with Gasteiger partial charge >= 0.3 is 5.97 Å². The van der Waals surface area contributed by atoms with Crippen LogP contribution in [0.25, 0.3) is 11.4 Å². The zero-order valence-electron chi connectivity index (χ0n) is 13.1. The number of carbonyl (C=O) groups is 1. The van der Waals surface area contributed by atoms with Gasteiger partial charge in [-0.3, -0.25) is 4.79 Å². The average Bonchev–Trinajstić information content (AvgIpc) is 2.99. The van der Waals surface area contributed by atoms with Crippen LogP contribution in [0.3, 0.4) is 0 Å². The second-order valence-electron chi connectivity index (χ2n) is 5.43. The molecule has 2 aromatic rings. The Bertz CT molecular complexity index is 660. The number of carboxylic acid groups (broad SMARTS) is 1. The van der Waals surface area contributed by atoms with Gasteiger partial charge in [-0.1, -0.05) is 49.2 Å².